The number of amides is 1. The van der Waals surface area contributed by atoms with Gasteiger partial charge in [-0.2, -0.15) is 0 Å². The largest absolute Gasteiger partial charge is 0.494 e. The molecule has 2 aromatic carbocycles. The molecule has 166 valence electrons. The molecule has 1 aliphatic rings. The summed E-state index contributed by atoms with van der Waals surface area (Å²) >= 11 is 5.24. The summed E-state index contributed by atoms with van der Waals surface area (Å²) in [5, 5.41) is 5.57. The number of hydrogen-bond donors (Lipinski definition) is 2. The van der Waals surface area contributed by atoms with Gasteiger partial charge in [-0.05, 0) is 75.7 Å². The highest BCUT2D eigenvalue weighted by atomic mass is 32.1. The minimum Gasteiger partial charge on any atom is -0.494 e. The molecule has 1 amide bonds. The first-order valence-corrected chi connectivity index (χ1v) is 11.0. The number of carbonyl (C=O) groups excluding carboxylic acids is 1. The summed E-state index contributed by atoms with van der Waals surface area (Å²) in [6.45, 7) is 6.39. The first kappa shape index (κ1) is 22.8. The van der Waals surface area contributed by atoms with Crippen LogP contribution in [0.3, 0.4) is 0 Å². The average Bonchev–Trinajstić information content (AvgIpc) is 2.74. The fourth-order valence-electron chi connectivity index (χ4n) is 3.52. The van der Waals surface area contributed by atoms with Gasteiger partial charge in [-0.1, -0.05) is 0 Å². The van der Waals surface area contributed by atoms with Crippen LogP contribution >= 0.6 is 12.2 Å². The van der Waals surface area contributed by atoms with Crippen molar-refractivity contribution in [2.24, 2.45) is 0 Å². The lowest BCUT2D eigenvalue weighted by Gasteiger charge is -2.29. The Hall–Kier alpha value is -2.87. The Morgan fingerprint density at radius 3 is 2.26 bits per heavy atom. The third-order valence-electron chi connectivity index (χ3n) is 4.89. The van der Waals surface area contributed by atoms with Gasteiger partial charge in [0.2, 0.25) is 0 Å². The van der Waals surface area contributed by atoms with Gasteiger partial charge in [0.1, 0.15) is 17.3 Å². The molecule has 2 aromatic rings. The third-order valence-corrected chi connectivity index (χ3v) is 5.10. The highest BCUT2D eigenvalue weighted by Gasteiger charge is 2.16. The molecule has 0 radical (unpaired) electrons. The van der Waals surface area contributed by atoms with Crippen LogP contribution in [0.25, 0.3) is 0 Å². The van der Waals surface area contributed by atoms with Crippen molar-refractivity contribution in [2.75, 3.05) is 36.5 Å². The second-order valence-corrected chi connectivity index (χ2v) is 7.59. The lowest BCUT2D eigenvalue weighted by atomic mass is 10.1. The molecule has 6 nitrogen and oxygen atoms in total. The Morgan fingerprint density at radius 2 is 1.68 bits per heavy atom. The Balaban J connectivity index is 1.65. The summed E-state index contributed by atoms with van der Waals surface area (Å²) in [6.07, 6.45) is 3.33. The zero-order chi connectivity index (χ0) is 22.2. The van der Waals surface area contributed by atoms with Crippen LogP contribution in [0.5, 0.6) is 11.5 Å². The topological polar surface area (TPSA) is 62.8 Å². The van der Waals surface area contributed by atoms with Gasteiger partial charge < -0.3 is 19.7 Å². The Labute approximate surface area is 187 Å². The third kappa shape index (κ3) is 6.30. The Kier molecular flexibility index (Phi) is 8.06. The molecule has 0 saturated carbocycles. The summed E-state index contributed by atoms with van der Waals surface area (Å²) in [5.74, 6) is 0.345. The van der Waals surface area contributed by atoms with Crippen LogP contribution < -0.4 is 25.0 Å². The first-order valence-electron chi connectivity index (χ1n) is 10.6. The van der Waals surface area contributed by atoms with E-state index in [9.17, 15) is 9.18 Å². The van der Waals surface area contributed by atoms with Gasteiger partial charge >= 0.3 is 0 Å². The molecule has 0 spiro atoms. The quantitative estimate of drug-likeness (QED) is 0.601. The second kappa shape index (κ2) is 10.9. The molecule has 1 aliphatic heterocycles. The Bertz CT molecular complexity index is 908. The molecule has 0 aliphatic carbocycles. The van der Waals surface area contributed by atoms with E-state index >= 15 is 0 Å². The van der Waals surface area contributed by atoms with Crippen LogP contribution in [-0.4, -0.2) is 37.3 Å². The number of nitrogens with one attached hydrogen (secondary N) is 2. The minimum atomic E-state index is -0.412. The minimum absolute atomic E-state index is 0.0786. The predicted octanol–water partition coefficient (Wildman–Crippen LogP) is 4.74. The molecule has 1 saturated heterocycles. The van der Waals surface area contributed by atoms with E-state index < -0.39 is 5.91 Å². The molecular formula is C23H28FN3O3S. The van der Waals surface area contributed by atoms with Crippen molar-refractivity contribution in [1.82, 2.24) is 5.32 Å². The summed E-state index contributed by atoms with van der Waals surface area (Å²) in [6, 6.07) is 9.87. The molecule has 1 fully saturated rings. The van der Waals surface area contributed by atoms with E-state index in [1.165, 1.54) is 12.5 Å². The SMILES string of the molecule is CCOc1cc(OCC)cc(C(=O)NC(=S)Nc2ccc(N3CCCCC3)c(F)c2)c1. The summed E-state index contributed by atoms with van der Waals surface area (Å²) in [7, 11) is 0. The van der Waals surface area contributed by atoms with Crippen molar-refractivity contribution in [1.29, 1.82) is 0 Å². The van der Waals surface area contributed by atoms with Crippen molar-refractivity contribution in [3.8, 4) is 11.5 Å². The van der Waals surface area contributed by atoms with Crippen molar-refractivity contribution in [2.45, 2.75) is 33.1 Å². The number of hydrogen-bond acceptors (Lipinski definition) is 5. The molecule has 0 atom stereocenters. The van der Waals surface area contributed by atoms with Crippen molar-refractivity contribution in [3.05, 3.63) is 47.8 Å². The molecule has 8 heteroatoms. The maximum absolute atomic E-state index is 14.6. The number of piperidine rings is 1. The van der Waals surface area contributed by atoms with E-state index in [4.69, 9.17) is 21.7 Å². The van der Waals surface area contributed by atoms with E-state index in [1.807, 2.05) is 13.8 Å². The lowest BCUT2D eigenvalue weighted by Crippen LogP contribution is -2.34. The zero-order valence-electron chi connectivity index (χ0n) is 17.9. The van der Waals surface area contributed by atoms with Crippen LogP contribution in [0, 0.1) is 5.82 Å². The van der Waals surface area contributed by atoms with E-state index in [-0.39, 0.29) is 10.9 Å². The van der Waals surface area contributed by atoms with Gasteiger partial charge in [0.25, 0.3) is 5.91 Å². The van der Waals surface area contributed by atoms with Gasteiger partial charge in [-0.3, -0.25) is 10.1 Å². The monoisotopic (exact) mass is 445 g/mol. The molecule has 1 heterocycles. The number of thiocarbonyl (C=S) groups is 1. The van der Waals surface area contributed by atoms with Gasteiger partial charge in [0.15, 0.2) is 5.11 Å². The standard InChI is InChI=1S/C23H28FN3O3S/c1-3-29-18-12-16(13-19(15-18)30-4-2)22(28)26-23(31)25-17-8-9-21(20(24)14-17)27-10-6-5-7-11-27/h8-9,12-15H,3-7,10-11H2,1-2H3,(H2,25,26,28,31). The van der Waals surface area contributed by atoms with Gasteiger partial charge in [0.05, 0.1) is 18.9 Å². The highest BCUT2D eigenvalue weighted by Crippen LogP contribution is 2.26. The maximum Gasteiger partial charge on any atom is 0.257 e. The van der Waals surface area contributed by atoms with Gasteiger partial charge in [-0.25, -0.2) is 4.39 Å². The van der Waals surface area contributed by atoms with Crippen molar-refractivity contribution in [3.63, 3.8) is 0 Å². The number of anilines is 2. The molecule has 3 rings (SSSR count). The summed E-state index contributed by atoms with van der Waals surface area (Å²) in [4.78, 5) is 14.7. The normalized spacial score (nSPS) is 13.5. The van der Waals surface area contributed by atoms with Crippen LogP contribution in [0.2, 0.25) is 0 Å². The fourth-order valence-corrected chi connectivity index (χ4v) is 3.73. The van der Waals surface area contributed by atoms with Crippen LogP contribution in [-0.2, 0) is 0 Å². The van der Waals surface area contributed by atoms with Crippen LogP contribution in [0.15, 0.2) is 36.4 Å². The predicted molar refractivity (Wildman–Crippen MR) is 125 cm³/mol. The fraction of sp³-hybridized carbons (Fsp3) is 0.391. The van der Waals surface area contributed by atoms with Crippen LogP contribution in [0.1, 0.15) is 43.5 Å². The van der Waals surface area contributed by atoms with Gasteiger partial charge in [0, 0.05) is 30.4 Å². The highest BCUT2D eigenvalue weighted by molar-refractivity contribution is 7.80. The zero-order valence-corrected chi connectivity index (χ0v) is 18.7. The number of carbonyl (C=O) groups is 1. The summed E-state index contributed by atoms with van der Waals surface area (Å²) in [5.41, 5.74) is 1.42. The number of ether oxygens (including phenoxy) is 2. The Morgan fingerprint density at radius 1 is 1.03 bits per heavy atom. The molecular weight excluding hydrogens is 417 g/mol. The number of nitrogens with zero attached hydrogens (tertiary/aromatic N) is 1. The molecule has 2 N–H and O–H groups in total. The maximum atomic E-state index is 14.6. The number of rotatable bonds is 7. The van der Waals surface area contributed by atoms with Crippen molar-refractivity contribution < 1.29 is 18.7 Å². The smallest absolute Gasteiger partial charge is 0.257 e. The average molecular weight is 446 g/mol. The molecule has 0 bridgehead atoms. The van der Waals surface area contributed by atoms with Crippen molar-refractivity contribution >= 4 is 34.6 Å². The van der Waals surface area contributed by atoms with E-state index in [2.05, 4.69) is 15.5 Å². The number of halogens is 1. The second-order valence-electron chi connectivity index (χ2n) is 7.18. The summed E-state index contributed by atoms with van der Waals surface area (Å²) < 4.78 is 25.6. The van der Waals surface area contributed by atoms with E-state index in [0.29, 0.717) is 41.7 Å². The van der Waals surface area contributed by atoms with Crippen LogP contribution in [0.4, 0.5) is 15.8 Å². The van der Waals surface area contributed by atoms with Gasteiger partial charge in [-0.15, -0.1) is 0 Å². The molecule has 0 unspecified atom stereocenters. The number of benzene rings is 2. The molecule has 31 heavy (non-hydrogen) atoms. The first-order chi connectivity index (χ1) is 15.0. The lowest BCUT2D eigenvalue weighted by molar-refractivity contribution is 0.0976. The van der Waals surface area contributed by atoms with E-state index in [1.54, 1.807) is 30.3 Å². The van der Waals surface area contributed by atoms with E-state index in [0.717, 1.165) is 25.9 Å². The molecule has 0 aromatic heterocycles.